The van der Waals surface area contributed by atoms with E-state index in [0.717, 1.165) is 5.75 Å². The Labute approximate surface area is 101 Å². The van der Waals surface area contributed by atoms with Crippen molar-refractivity contribution >= 4 is 11.8 Å². The van der Waals surface area contributed by atoms with E-state index >= 15 is 0 Å². The topological polar surface area (TPSA) is 73.2 Å². The molecule has 5 nitrogen and oxygen atoms in total. The third-order valence-corrected chi connectivity index (χ3v) is 2.62. The summed E-state index contributed by atoms with van der Waals surface area (Å²) in [6, 6.07) is 0. The van der Waals surface area contributed by atoms with E-state index in [0.29, 0.717) is 32.8 Å². The quantitative estimate of drug-likeness (QED) is 0.411. The van der Waals surface area contributed by atoms with Crippen LogP contribution in [0.15, 0.2) is 0 Å². The van der Waals surface area contributed by atoms with E-state index in [1.165, 1.54) is 0 Å². The molecule has 0 aromatic heterocycles. The normalized spacial score (nSPS) is 13.3. The van der Waals surface area contributed by atoms with Crippen molar-refractivity contribution in [2.24, 2.45) is 0 Å². The molecule has 0 aromatic rings. The molecule has 0 aromatic carbocycles. The van der Waals surface area contributed by atoms with Gasteiger partial charge in [-0.05, 0) is 6.26 Å². The Morgan fingerprint density at radius 2 is 1.88 bits per heavy atom. The molecule has 0 heterocycles. The summed E-state index contributed by atoms with van der Waals surface area (Å²) in [7, 11) is 0. The van der Waals surface area contributed by atoms with Crippen molar-refractivity contribution in [2.45, 2.75) is 6.10 Å². The molecule has 0 aliphatic rings. The van der Waals surface area contributed by atoms with Gasteiger partial charge in [-0.15, -0.1) is 0 Å². The van der Waals surface area contributed by atoms with Gasteiger partial charge in [0.05, 0.1) is 32.5 Å². The molecule has 0 amide bonds. The van der Waals surface area contributed by atoms with E-state index < -0.39 is 6.10 Å². The van der Waals surface area contributed by atoms with Crippen molar-refractivity contribution < 1.29 is 20.1 Å². The number of thioether (sulfide) groups is 1. The van der Waals surface area contributed by atoms with Gasteiger partial charge in [0.2, 0.25) is 0 Å². The highest BCUT2D eigenvalue weighted by atomic mass is 32.2. The fourth-order valence-corrected chi connectivity index (χ4v) is 1.57. The molecule has 16 heavy (non-hydrogen) atoms. The number of hydrogen-bond acceptors (Lipinski definition) is 6. The number of aliphatic hydroxyl groups is 3. The second-order valence-electron chi connectivity index (χ2n) is 3.47. The molecule has 0 radical (unpaired) electrons. The molecule has 3 N–H and O–H groups in total. The fourth-order valence-electron chi connectivity index (χ4n) is 1.29. The minimum absolute atomic E-state index is 0.0278. The first-order valence-corrected chi connectivity index (χ1v) is 6.82. The molecular formula is C10H23NO4S. The Bertz CT molecular complexity index is 145. The highest BCUT2D eigenvalue weighted by molar-refractivity contribution is 7.98. The Morgan fingerprint density at radius 1 is 1.25 bits per heavy atom. The standard InChI is InChI=1S/C10H23NO4S/c1-16-7-6-15-9-10(14)8-11(2-4-12)3-5-13/h10,12-14H,2-9H2,1H3. The minimum atomic E-state index is -0.569. The first-order chi connectivity index (χ1) is 7.74. The van der Waals surface area contributed by atoms with Gasteiger partial charge in [-0.3, -0.25) is 4.90 Å². The first-order valence-electron chi connectivity index (χ1n) is 5.43. The second-order valence-corrected chi connectivity index (χ2v) is 4.45. The first kappa shape index (κ1) is 16.1. The molecule has 0 saturated carbocycles. The van der Waals surface area contributed by atoms with Crippen LogP contribution in [0, 0.1) is 0 Å². The maximum absolute atomic E-state index is 9.64. The van der Waals surface area contributed by atoms with E-state index in [2.05, 4.69) is 0 Å². The van der Waals surface area contributed by atoms with E-state index in [9.17, 15) is 5.11 Å². The summed E-state index contributed by atoms with van der Waals surface area (Å²) in [5.41, 5.74) is 0. The molecule has 98 valence electrons. The lowest BCUT2D eigenvalue weighted by atomic mass is 10.3. The summed E-state index contributed by atoms with van der Waals surface area (Å²) in [5, 5.41) is 27.2. The molecule has 0 fully saturated rings. The van der Waals surface area contributed by atoms with Crippen molar-refractivity contribution in [1.29, 1.82) is 0 Å². The third-order valence-electron chi connectivity index (χ3n) is 2.04. The Balaban J connectivity index is 3.59. The van der Waals surface area contributed by atoms with Crippen molar-refractivity contribution in [3.05, 3.63) is 0 Å². The number of aliphatic hydroxyl groups excluding tert-OH is 3. The zero-order valence-electron chi connectivity index (χ0n) is 9.84. The lowest BCUT2D eigenvalue weighted by Crippen LogP contribution is -2.38. The van der Waals surface area contributed by atoms with Crippen molar-refractivity contribution in [3.63, 3.8) is 0 Å². The van der Waals surface area contributed by atoms with Gasteiger partial charge in [-0.2, -0.15) is 11.8 Å². The van der Waals surface area contributed by atoms with Gasteiger partial charge in [0.25, 0.3) is 0 Å². The maximum Gasteiger partial charge on any atom is 0.0900 e. The van der Waals surface area contributed by atoms with Crippen LogP contribution >= 0.6 is 11.8 Å². The molecule has 6 heteroatoms. The summed E-state index contributed by atoms with van der Waals surface area (Å²) in [5.74, 6) is 0.920. The van der Waals surface area contributed by atoms with Crippen LogP contribution in [0.1, 0.15) is 0 Å². The number of hydrogen-bond donors (Lipinski definition) is 3. The van der Waals surface area contributed by atoms with Gasteiger partial charge in [-0.1, -0.05) is 0 Å². The second kappa shape index (κ2) is 11.6. The average molecular weight is 253 g/mol. The SMILES string of the molecule is CSCCOCC(O)CN(CCO)CCO. The van der Waals surface area contributed by atoms with Crippen LogP contribution in [0.25, 0.3) is 0 Å². The highest BCUT2D eigenvalue weighted by Gasteiger charge is 2.10. The highest BCUT2D eigenvalue weighted by Crippen LogP contribution is 1.95. The summed E-state index contributed by atoms with van der Waals surface area (Å²) in [4.78, 5) is 1.81. The number of rotatable bonds is 11. The van der Waals surface area contributed by atoms with E-state index in [1.807, 2.05) is 11.2 Å². The summed E-state index contributed by atoms with van der Waals surface area (Å²) < 4.78 is 5.27. The number of ether oxygens (including phenoxy) is 1. The lowest BCUT2D eigenvalue weighted by Gasteiger charge is -2.23. The van der Waals surface area contributed by atoms with Gasteiger partial charge in [0, 0.05) is 25.4 Å². The van der Waals surface area contributed by atoms with Gasteiger partial charge >= 0.3 is 0 Å². The number of nitrogens with zero attached hydrogens (tertiary/aromatic N) is 1. The smallest absolute Gasteiger partial charge is 0.0900 e. The minimum Gasteiger partial charge on any atom is -0.395 e. The summed E-state index contributed by atoms with van der Waals surface area (Å²) in [6.45, 7) is 2.33. The maximum atomic E-state index is 9.64. The summed E-state index contributed by atoms with van der Waals surface area (Å²) >= 11 is 1.70. The molecule has 0 bridgehead atoms. The van der Waals surface area contributed by atoms with Crippen LogP contribution < -0.4 is 0 Å². The van der Waals surface area contributed by atoms with Crippen LogP contribution in [0.4, 0.5) is 0 Å². The van der Waals surface area contributed by atoms with Crippen molar-refractivity contribution in [3.8, 4) is 0 Å². The molecule has 0 spiro atoms. The zero-order valence-corrected chi connectivity index (χ0v) is 10.7. The molecule has 1 unspecified atom stereocenters. The van der Waals surface area contributed by atoms with Gasteiger partial charge in [-0.25, -0.2) is 0 Å². The predicted octanol–water partition coefficient (Wildman–Crippen LogP) is -0.986. The zero-order chi connectivity index (χ0) is 12.2. The van der Waals surface area contributed by atoms with Gasteiger partial charge in [0.1, 0.15) is 0 Å². The molecule has 0 saturated heterocycles. The molecule has 0 aliphatic carbocycles. The van der Waals surface area contributed by atoms with Crippen LogP contribution in [0.5, 0.6) is 0 Å². The van der Waals surface area contributed by atoms with E-state index in [-0.39, 0.29) is 13.2 Å². The average Bonchev–Trinajstić information content (AvgIpc) is 2.25. The Kier molecular flexibility index (Phi) is 11.7. The van der Waals surface area contributed by atoms with Crippen LogP contribution in [-0.2, 0) is 4.74 Å². The Morgan fingerprint density at radius 3 is 2.38 bits per heavy atom. The fraction of sp³-hybridized carbons (Fsp3) is 1.00. The van der Waals surface area contributed by atoms with Gasteiger partial charge in [0.15, 0.2) is 0 Å². The Hall–Kier alpha value is 0.150. The third kappa shape index (κ3) is 9.38. The molecule has 1 atom stereocenters. The van der Waals surface area contributed by atoms with Crippen LogP contribution in [-0.4, -0.2) is 84.4 Å². The lowest BCUT2D eigenvalue weighted by molar-refractivity contribution is 0.0162. The molecule has 0 aliphatic heterocycles. The predicted molar refractivity (Wildman–Crippen MR) is 65.8 cm³/mol. The molecular weight excluding hydrogens is 230 g/mol. The van der Waals surface area contributed by atoms with Crippen LogP contribution in [0.3, 0.4) is 0 Å². The van der Waals surface area contributed by atoms with Gasteiger partial charge < -0.3 is 20.1 Å². The van der Waals surface area contributed by atoms with Crippen molar-refractivity contribution in [2.75, 3.05) is 58.1 Å². The molecule has 0 rings (SSSR count). The van der Waals surface area contributed by atoms with E-state index in [4.69, 9.17) is 14.9 Å². The van der Waals surface area contributed by atoms with Crippen LogP contribution in [0.2, 0.25) is 0 Å². The largest absolute Gasteiger partial charge is 0.395 e. The summed E-state index contributed by atoms with van der Waals surface area (Å²) in [6.07, 6.45) is 1.43. The monoisotopic (exact) mass is 253 g/mol. The van der Waals surface area contributed by atoms with Crippen molar-refractivity contribution in [1.82, 2.24) is 4.90 Å². The van der Waals surface area contributed by atoms with E-state index in [1.54, 1.807) is 11.8 Å².